The molecular formula is C27H29BrN2O3. The van der Waals surface area contributed by atoms with Gasteiger partial charge in [0.15, 0.2) is 6.61 Å². The van der Waals surface area contributed by atoms with Crippen molar-refractivity contribution in [3.8, 4) is 0 Å². The first kappa shape index (κ1) is 23.4. The Kier molecular flexibility index (Phi) is 6.57. The van der Waals surface area contributed by atoms with E-state index >= 15 is 0 Å². The normalized spacial score (nSPS) is 15.7. The van der Waals surface area contributed by atoms with Crippen LogP contribution in [0.5, 0.6) is 0 Å². The number of nitrogens with zero attached hydrogens (tertiary/aromatic N) is 1. The first-order valence-corrected chi connectivity index (χ1v) is 12.1. The fourth-order valence-corrected chi connectivity index (χ4v) is 5.06. The van der Waals surface area contributed by atoms with E-state index in [2.05, 4.69) is 42.0 Å². The molecule has 6 heteroatoms. The van der Waals surface area contributed by atoms with Gasteiger partial charge in [0, 0.05) is 15.6 Å². The quantitative estimate of drug-likeness (QED) is 0.422. The van der Waals surface area contributed by atoms with Crippen LogP contribution in [0.2, 0.25) is 0 Å². The van der Waals surface area contributed by atoms with Gasteiger partial charge < -0.3 is 10.1 Å². The molecule has 5 nitrogen and oxygen atoms in total. The van der Waals surface area contributed by atoms with Crippen LogP contribution in [0.25, 0.3) is 10.9 Å². The van der Waals surface area contributed by atoms with E-state index in [1.165, 1.54) is 0 Å². The molecule has 0 aliphatic heterocycles. The number of anilines is 1. The van der Waals surface area contributed by atoms with Gasteiger partial charge in [-0.15, -0.1) is 0 Å². The topological polar surface area (TPSA) is 68.3 Å². The highest BCUT2D eigenvalue weighted by Crippen LogP contribution is 2.39. The summed E-state index contributed by atoms with van der Waals surface area (Å²) in [6.45, 7) is 8.34. The number of hydrogen-bond acceptors (Lipinski definition) is 4. The molecule has 0 spiro atoms. The van der Waals surface area contributed by atoms with Gasteiger partial charge in [0.2, 0.25) is 0 Å². The fourth-order valence-electron chi connectivity index (χ4n) is 4.47. The summed E-state index contributed by atoms with van der Waals surface area (Å²) in [6, 6.07) is 13.3. The number of aromatic nitrogens is 1. The zero-order valence-corrected chi connectivity index (χ0v) is 21.1. The van der Waals surface area contributed by atoms with Crippen LogP contribution in [0.4, 0.5) is 5.69 Å². The Morgan fingerprint density at radius 2 is 1.94 bits per heavy atom. The molecule has 0 radical (unpaired) electrons. The first-order chi connectivity index (χ1) is 15.6. The molecule has 0 bridgehead atoms. The van der Waals surface area contributed by atoms with Crippen LogP contribution in [-0.2, 0) is 22.4 Å². The maximum atomic E-state index is 13.3. The van der Waals surface area contributed by atoms with E-state index in [0.717, 1.165) is 51.5 Å². The van der Waals surface area contributed by atoms with E-state index in [-0.39, 0.29) is 17.9 Å². The van der Waals surface area contributed by atoms with E-state index in [0.29, 0.717) is 17.2 Å². The lowest BCUT2D eigenvalue weighted by Gasteiger charge is -2.35. The van der Waals surface area contributed by atoms with Crippen molar-refractivity contribution in [2.45, 2.75) is 47.0 Å². The Balaban J connectivity index is 1.59. The van der Waals surface area contributed by atoms with Gasteiger partial charge in [0.25, 0.3) is 5.91 Å². The summed E-state index contributed by atoms with van der Waals surface area (Å²) in [7, 11) is 0. The summed E-state index contributed by atoms with van der Waals surface area (Å²) in [5.41, 5.74) is 5.11. The van der Waals surface area contributed by atoms with Crippen LogP contribution < -0.4 is 5.32 Å². The largest absolute Gasteiger partial charge is 0.452 e. The molecule has 33 heavy (non-hydrogen) atoms. The molecule has 1 amide bonds. The molecule has 1 aliphatic carbocycles. The van der Waals surface area contributed by atoms with E-state index in [1.54, 1.807) is 0 Å². The SMILES string of the molecule is Cc1ccc(NC(=O)COC(=O)c2c3c(nc4ccccc24)CCC(C(C)(C)C)C3)c(Br)c1. The monoisotopic (exact) mass is 508 g/mol. The molecular weight excluding hydrogens is 480 g/mol. The minimum Gasteiger partial charge on any atom is -0.452 e. The lowest BCUT2D eigenvalue weighted by atomic mass is 9.70. The average molecular weight is 509 g/mol. The van der Waals surface area contributed by atoms with Crippen molar-refractivity contribution >= 4 is 44.4 Å². The second-order valence-electron chi connectivity index (χ2n) is 9.84. The molecule has 1 aromatic heterocycles. The Morgan fingerprint density at radius 1 is 1.18 bits per heavy atom. The van der Waals surface area contributed by atoms with E-state index < -0.39 is 5.97 Å². The van der Waals surface area contributed by atoms with Crippen molar-refractivity contribution in [1.82, 2.24) is 4.98 Å². The molecule has 0 fully saturated rings. The van der Waals surface area contributed by atoms with Gasteiger partial charge in [-0.1, -0.05) is 45.0 Å². The summed E-state index contributed by atoms with van der Waals surface area (Å²) >= 11 is 3.45. The number of benzene rings is 2. The molecule has 0 saturated carbocycles. The zero-order chi connectivity index (χ0) is 23.8. The number of para-hydroxylation sites is 1. The molecule has 1 unspecified atom stereocenters. The number of halogens is 1. The summed E-state index contributed by atoms with van der Waals surface area (Å²) in [5.74, 6) is -0.410. The fraction of sp³-hybridized carbons (Fsp3) is 0.370. The number of nitrogens with one attached hydrogen (secondary N) is 1. The number of aryl methyl sites for hydroxylation is 2. The van der Waals surface area contributed by atoms with Crippen molar-refractivity contribution < 1.29 is 14.3 Å². The van der Waals surface area contributed by atoms with Gasteiger partial charge in [-0.25, -0.2) is 4.79 Å². The predicted molar refractivity (Wildman–Crippen MR) is 135 cm³/mol. The lowest BCUT2D eigenvalue weighted by Crippen LogP contribution is -2.29. The molecule has 3 aromatic rings. The molecule has 0 saturated heterocycles. The number of carbonyl (C=O) groups is 2. The van der Waals surface area contributed by atoms with E-state index in [9.17, 15) is 9.59 Å². The highest BCUT2D eigenvalue weighted by Gasteiger charge is 2.33. The van der Waals surface area contributed by atoms with Crippen LogP contribution in [0, 0.1) is 18.3 Å². The van der Waals surface area contributed by atoms with Crippen LogP contribution >= 0.6 is 15.9 Å². The number of esters is 1. The number of fused-ring (bicyclic) bond motifs is 2. The van der Waals surface area contributed by atoms with Crippen LogP contribution in [-0.4, -0.2) is 23.5 Å². The minimum atomic E-state index is -0.475. The third-order valence-electron chi connectivity index (χ3n) is 6.42. The third-order valence-corrected chi connectivity index (χ3v) is 7.08. The van der Waals surface area contributed by atoms with Crippen molar-refractivity contribution in [2.75, 3.05) is 11.9 Å². The van der Waals surface area contributed by atoms with Gasteiger partial charge in [-0.05, 0) is 82.8 Å². The van der Waals surface area contributed by atoms with Crippen molar-refractivity contribution in [2.24, 2.45) is 11.3 Å². The smallest absolute Gasteiger partial charge is 0.339 e. The first-order valence-electron chi connectivity index (χ1n) is 11.3. The van der Waals surface area contributed by atoms with Crippen molar-refractivity contribution in [1.29, 1.82) is 0 Å². The summed E-state index contributed by atoms with van der Waals surface area (Å²) in [6.07, 6.45) is 2.66. The van der Waals surface area contributed by atoms with Gasteiger partial charge in [0.05, 0.1) is 16.8 Å². The Bertz CT molecular complexity index is 1230. The Hall–Kier alpha value is -2.73. The Labute approximate surface area is 203 Å². The van der Waals surface area contributed by atoms with Crippen molar-refractivity contribution in [3.05, 3.63) is 69.3 Å². The zero-order valence-electron chi connectivity index (χ0n) is 19.5. The average Bonchev–Trinajstić information content (AvgIpc) is 2.76. The summed E-state index contributed by atoms with van der Waals surface area (Å²) < 4.78 is 6.31. The summed E-state index contributed by atoms with van der Waals surface area (Å²) in [4.78, 5) is 30.7. The van der Waals surface area contributed by atoms with Gasteiger partial charge in [0.1, 0.15) is 0 Å². The molecule has 1 heterocycles. The van der Waals surface area contributed by atoms with Crippen molar-refractivity contribution in [3.63, 3.8) is 0 Å². The molecule has 172 valence electrons. The molecule has 2 aromatic carbocycles. The predicted octanol–water partition coefficient (Wildman–Crippen LogP) is 6.25. The number of pyridine rings is 1. The van der Waals surface area contributed by atoms with Gasteiger partial charge in [-0.2, -0.15) is 0 Å². The molecule has 1 atom stereocenters. The van der Waals surface area contributed by atoms with Gasteiger partial charge >= 0.3 is 5.97 Å². The highest BCUT2D eigenvalue weighted by atomic mass is 79.9. The standard InChI is InChI=1S/C27H29BrN2O3/c1-16-9-11-23(20(28)13-16)30-24(31)15-33-26(32)25-18-7-5-6-8-21(18)29-22-12-10-17(14-19(22)25)27(2,3)4/h5-9,11,13,17H,10,12,14-15H2,1-4H3,(H,30,31). The number of ether oxygens (including phenoxy) is 1. The third kappa shape index (κ3) is 5.11. The molecule has 1 N–H and O–H groups in total. The van der Waals surface area contributed by atoms with Crippen LogP contribution in [0.1, 0.15) is 54.4 Å². The second-order valence-corrected chi connectivity index (χ2v) is 10.7. The number of rotatable bonds is 4. The maximum Gasteiger partial charge on any atom is 0.339 e. The van der Waals surface area contributed by atoms with Gasteiger partial charge in [-0.3, -0.25) is 9.78 Å². The maximum absolute atomic E-state index is 13.3. The lowest BCUT2D eigenvalue weighted by molar-refractivity contribution is -0.119. The number of carbonyl (C=O) groups excluding carboxylic acids is 2. The van der Waals surface area contributed by atoms with E-state index in [1.807, 2.05) is 49.4 Å². The second kappa shape index (κ2) is 9.26. The molecule has 4 rings (SSSR count). The highest BCUT2D eigenvalue weighted by molar-refractivity contribution is 9.10. The molecule has 1 aliphatic rings. The van der Waals surface area contributed by atoms with E-state index in [4.69, 9.17) is 9.72 Å². The summed E-state index contributed by atoms with van der Waals surface area (Å²) in [5, 5.41) is 3.57. The van der Waals surface area contributed by atoms with Crippen LogP contribution in [0.3, 0.4) is 0 Å². The number of amides is 1. The Morgan fingerprint density at radius 3 is 2.67 bits per heavy atom. The minimum absolute atomic E-state index is 0.131. The van der Waals surface area contributed by atoms with Crippen LogP contribution in [0.15, 0.2) is 46.9 Å². The number of hydrogen-bond donors (Lipinski definition) is 1.